The molecule has 1 heterocycles. The second-order valence-corrected chi connectivity index (χ2v) is 11.1. The number of amidine groups is 1. The summed E-state index contributed by atoms with van der Waals surface area (Å²) in [6.07, 6.45) is -7.63. The van der Waals surface area contributed by atoms with Crippen LogP contribution in [0.25, 0.3) is 0 Å². The SMILES string of the molecule is CCC1CN(C(=S)Nc2cccc(C(F)(F)F)c2)/C(=N/CC(C)(C)Cc2cccc(C(F)(F)F)c2)S1. The van der Waals surface area contributed by atoms with E-state index in [9.17, 15) is 26.3 Å². The lowest BCUT2D eigenvalue weighted by molar-refractivity contribution is -0.138. The van der Waals surface area contributed by atoms with Crippen LogP contribution in [0.1, 0.15) is 43.9 Å². The van der Waals surface area contributed by atoms with E-state index in [4.69, 9.17) is 17.2 Å². The number of hydrogen-bond acceptors (Lipinski definition) is 3. The van der Waals surface area contributed by atoms with E-state index < -0.39 is 28.9 Å². The Kier molecular flexibility index (Phi) is 8.65. The standard InChI is InChI=1S/C25H27F6N3S2/c1-4-20-14-34(21(35)33-19-10-6-9-18(12-19)25(29,30)31)22(36-20)32-15-23(2,3)13-16-7-5-8-17(11-16)24(26,27)28/h5-12,20H,4,13-15H2,1-3H3,(H,33,35)/b32-22-. The van der Waals surface area contributed by atoms with Crippen LogP contribution in [-0.4, -0.2) is 33.5 Å². The summed E-state index contributed by atoms with van der Waals surface area (Å²) in [7, 11) is 0. The Labute approximate surface area is 216 Å². The molecule has 2 aromatic rings. The molecule has 0 bridgehead atoms. The minimum atomic E-state index is -4.46. The number of nitrogens with zero attached hydrogens (tertiary/aromatic N) is 2. The summed E-state index contributed by atoms with van der Waals surface area (Å²) < 4.78 is 78.4. The molecule has 3 nitrogen and oxygen atoms in total. The highest BCUT2D eigenvalue weighted by Crippen LogP contribution is 2.34. The van der Waals surface area contributed by atoms with E-state index in [0.29, 0.717) is 30.2 Å². The average Bonchev–Trinajstić information content (AvgIpc) is 3.20. The van der Waals surface area contributed by atoms with Crippen LogP contribution in [0.4, 0.5) is 32.0 Å². The Morgan fingerprint density at radius 2 is 1.64 bits per heavy atom. The van der Waals surface area contributed by atoms with Gasteiger partial charge in [-0.05, 0) is 60.3 Å². The van der Waals surface area contributed by atoms with E-state index in [0.717, 1.165) is 30.7 Å². The molecule has 0 radical (unpaired) electrons. The van der Waals surface area contributed by atoms with Crippen LogP contribution in [0, 0.1) is 5.41 Å². The highest BCUT2D eigenvalue weighted by Gasteiger charge is 2.33. The molecule has 1 fully saturated rings. The van der Waals surface area contributed by atoms with Crippen molar-refractivity contribution >= 4 is 39.9 Å². The lowest BCUT2D eigenvalue weighted by atomic mass is 9.85. The van der Waals surface area contributed by atoms with E-state index >= 15 is 0 Å². The number of alkyl halides is 6. The van der Waals surface area contributed by atoms with Gasteiger partial charge in [0.2, 0.25) is 0 Å². The normalized spacial score (nSPS) is 18.1. The molecule has 0 amide bonds. The molecule has 1 unspecified atom stereocenters. The smallest absolute Gasteiger partial charge is 0.332 e. The molecule has 196 valence electrons. The van der Waals surface area contributed by atoms with Crippen molar-refractivity contribution in [2.75, 3.05) is 18.4 Å². The molecular weight excluding hydrogens is 520 g/mol. The number of anilines is 1. The zero-order valence-corrected chi connectivity index (χ0v) is 21.6. The Hall–Kier alpha value is -2.27. The minimum Gasteiger partial charge on any atom is -0.332 e. The van der Waals surface area contributed by atoms with Gasteiger partial charge in [-0.3, -0.25) is 9.89 Å². The highest BCUT2D eigenvalue weighted by atomic mass is 32.2. The molecule has 1 aliphatic heterocycles. The zero-order valence-electron chi connectivity index (χ0n) is 20.0. The fourth-order valence-corrected chi connectivity index (χ4v) is 5.21. The molecule has 0 saturated carbocycles. The predicted molar refractivity (Wildman–Crippen MR) is 137 cm³/mol. The average molecular weight is 548 g/mol. The van der Waals surface area contributed by atoms with Crippen molar-refractivity contribution < 1.29 is 26.3 Å². The van der Waals surface area contributed by atoms with Crippen molar-refractivity contribution in [1.82, 2.24) is 4.90 Å². The predicted octanol–water partition coefficient (Wildman–Crippen LogP) is 7.87. The number of aliphatic imine (C=N–C) groups is 1. The van der Waals surface area contributed by atoms with Crippen molar-refractivity contribution in [1.29, 1.82) is 0 Å². The summed E-state index contributed by atoms with van der Waals surface area (Å²) in [5.41, 5.74) is -1.11. The second-order valence-electron chi connectivity index (χ2n) is 9.41. The van der Waals surface area contributed by atoms with Crippen LogP contribution in [-0.2, 0) is 18.8 Å². The van der Waals surface area contributed by atoms with Crippen LogP contribution >= 0.6 is 24.0 Å². The van der Waals surface area contributed by atoms with Crippen LogP contribution in [0.15, 0.2) is 53.5 Å². The van der Waals surface area contributed by atoms with Crippen LogP contribution in [0.5, 0.6) is 0 Å². The van der Waals surface area contributed by atoms with Gasteiger partial charge < -0.3 is 5.32 Å². The first-order valence-electron chi connectivity index (χ1n) is 11.3. The number of thioether (sulfide) groups is 1. The summed E-state index contributed by atoms with van der Waals surface area (Å²) in [5, 5.41) is 3.98. The maximum absolute atomic E-state index is 13.1. The van der Waals surface area contributed by atoms with Gasteiger partial charge in [-0.15, -0.1) is 0 Å². The first-order chi connectivity index (χ1) is 16.7. The molecule has 0 aromatic heterocycles. The molecular formula is C25H27F6N3S2. The van der Waals surface area contributed by atoms with Gasteiger partial charge in [-0.2, -0.15) is 26.3 Å². The number of thiocarbonyl (C=S) groups is 1. The molecule has 1 saturated heterocycles. The monoisotopic (exact) mass is 547 g/mol. The van der Waals surface area contributed by atoms with Gasteiger partial charge in [-0.25, -0.2) is 0 Å². The summed E-state index contributed by atoms with van der Waals surface area (Å²) in [6, 6.07) is 10.1. The molecule has 1 aliphatic rings. The summed E-state index contributed by atoms with van der Waals surface area (Å²) in [4.78, 5) is 6.51. The second kappa shape index (κ2) is 11.0. The van der Waals surface area contributed by atoms with Gasteiger partial charge in [-0.1, -0.05) is 56.8 Å². The largest absolute Gasteiger partial charge is 0.416 e. The fourth-order valence-electron chi connectivity index (χ4n) is 3.75. The van der Waals surface area contributed by atoms with Crippen LogP contribution in [0.3, 0.4) is 0 Å². The van der Waals surface area contributed by atoms with Gasteiger partial charge in [0, 0.05) is 24.0 Å². The third-order valence-corrected chi connectivity index (χ3v) is 7.31. The van der Waals surface area contributed by atoms with E-state index in [1.807, 2.05) is 20.8 Å². The van der Waals surface area contributed by atoms with Crippen molar-refractivity contribution in [2.45, 2.75) is 51.2 Å². The topological polar surface area (TPSA) is 27.6 Å². The Morgan fingerprint density at radius 1 is 1.03 bits per heavy atom. The van der Waals surface area contributed by atoms with E-state index in [-0.39, 0.29) is 16.0 Å². The lowest BCUT2D eigenvalue weighted by Gasteiger charge is -2.25. The molecule has 36 heavy (non-hydrogen) atoms. The number of rotatable bonds is 6. The Morgan fingerprint density at radius 3 is 2.25 bits per heavy atom. The minimum absolute atomic E-state index is 0.205. The van der Waals surface area contributed by atoms with Crippen LogP contribution in [0.2, 0.25) is 0 Å². The first-order valence-corrected chi connectivity index (χ1v) is 12.6. The first kappa shape index (κ1) is 28.3. The number of hydrogen-bond donors (Lipinski definition) is 1. The molecule has 0 spiro atoms. The van der Waals surface area contributed by atoms with Gasteiger partial charge in [0.05, 0.1) is 11.1 Å². The maximum atomic E-state index is 13.1. The molecule has 1 atom stereocenters. The van der Waals surface area contributed by atoms with E-state index in [2.05, 4.69) is 5.32 Å². The molecule has 3 rings (SSSR count). The zero-order chi connectivity index (χ0) is 26.7. The third kappa shape index (κ3) is 7.61. The van der Waals surface area contributed by atoms with Gasteiger partial charge in [0.1, 0.15) is 0 Å². The molecule has 0 aliphatic carbocycles. The highest BCUT2D eigenvalue weighted by molar-refractivity contribution is 8.14. The fraction of sp³-hybridized carbons (Fsp3) is 0.440. The van der Waals surface area contributed by atoms with Crippen molar-refractivity contribution in [2.24, 2.45) is 10.4 Å². The molecule has 2 aromatic carbocycles. The van der Waals surface area contributed by atoms with Crippen molar-refractivity contribution in [3.05, 3.63) is 65.2 Å². The van der Waals surface area contributed by atoms with Gasteiger partial charge >= 0.3 is 12.4 Å². The van der Waals surface area contributed by atoms with Crippen molar-refractivity contribution in [3.8, 4) is 0 Å². The molecule has 11 heteroatoms. The maximum Gasteiger partial charge on any atom is 0.416 e. The lowest BCUT2D eigenvalue weighted by Crippen LogP contribution is -2.36. The summed E-state index contributed by atoms with van der Waals surface area (Å²) in [5.74, 6) is 0. The summed E-state index contributed by atoms with van der Waals surface area (Å²) in [6.45, 7) is 6.78. The number of nitrogens with one attached hydrogen (secondary N) is 1. The quantitative estimate of drug-likeness (QED) is 0.294. The van der Waals surface area contributed by atoms with Crippen molar-refractivity contribution in [3.63, 3.8) is 0 Å². The van der Waals surface area contributed by atoms with Crippen LogP contribution < -0.4 is 5.32 Å². The van der Waals surface area contributed by atoms with Gasteiger partial charge in [0.25, 0.3) is 0 Å². The number of halogens is 6. The summed E-state index contributed by atoms with van der Waals surface area (Å²) >= 11 is 7.04. The Bertz CT molecular complexity index is 1110. The number of benzene rings is 2. The van der Waals surface area contributed by atoms with Gasteiger partial charge in [0.15, 0.2) is 10.3 Å². The molecule has 1 N–H and O–H groups in total. The Balaban J connectivity index is 1.73. The third-order valence-electron chi connectivity index (χ3n) is 5.61. The van der Waals surface area contributed by atoms with E-state index in [1.54, 1.807) is 11.0 Å². The van der Waals surface area contributed by atoms with E-state index in [1.165, 1.54) is 30.0 Å².